The summed E-state index contributed by atoms with van der Waals surface area (Å²) in [5.74, 6) is 1.08. The Balaban J connectivity index is 0.000000980. The normalized spacial score (nSPS) is 36.5. The summed E-state index contributed by atoms with van der Waals surface area (Å²) in [5, 5.41) is 3.43. The van der Waals surface area contributed by atoms with Gasteiger partial charge in [0.05, 0.1) is 5.75 Å². The van der Waals surface area contributed by atoms with E-state index >= 15 is 0 Å². The first kappa shape index (κ1) is 12.3. The van der Waals surface area contributed by atoms with Crippen molar-refractivity contribution in [2.45, 2.75) is 37.8 Å². The van der Waals surface area contributed by atoms with Crippen LogP contribution in [0.4, 0.5) is 0 Å². The minimum atomic E-state index is -2.80. The lowest BCUT2D eigenvalue weighted by molar-refractivity contribution is 0.517. The predicted octanol–water partition coefficient (Wildman–Crippen LogP) is 0.983. The summed E-state index contributed by atoms with van der Waals surface area (Å²) in [6, 6.07) is 0.844. The molecule has 0 radical (unpaired) electrons. The van der Waals surface area contributed by atoms with Gasteiger partial charge in [0.25, 0.3) is 0 Å². The second kappa shape index (κ2) is 4.37. The molecule has 1 saturated heterocycles. The molecular formula is C9H18ClNO2S. The summed E-state index contributed by atoms with van der Waals surface area (Å²) >= 11 is 0. The first-order chi connectivity index (χ1) is 6.04. The molecule has 3 nitrogen and oxygen atoms in total. The van der Waals surface area contributed by atoms with E-state index in [0.29, 0.717) is 11.8 Å². The van der Waals surface area contributed by atoms with Crippen LogP contribution in [-0.2, 0) is 9.84 Å². The summed E-state index contributed by atoms with van der Waals surface area (Å²) < 4.78 is 22.1. The zero-order valence-corrected chi connectivity index (χ0v) is 10.0. The monoisotopic (exact) mass is 239 g/mol. The maximum Gasteiger partial charge on any atom is 0.148 e. The van der Waals surface area contributed by atoms with Crippen molar-refractivity contribution in [3.8, 4) is 0 Å². The zero-order valence-electron chi connectivity index (χ0n) is 8.40. The fourth-order valence-electron chi connectivity index (χ4n) is 2.76. The van der Waals surface area contributed by atoms with Crippen molar-refractivity contribution >= 4 is 22.2 Å². The number of hydrogen-bond acceptors (Lipinski definition) is 3. The highest BCUT2D eigenvalue weighted by Gasteiger charge is 2.37. The molecule has 1 aliphatic heterocycles. The standard InChI is InChI=1S/C9H17NO2S.ClH/c1-13(11,12)6-8-5-7-3-2-4-9(7)10-8;/h7-10H,2-6H2,1H3;1H/t7-,8-,9-;/m0./s1. The molecule has 3 atom stereocenters. The molecule has 2 rings (SSSR count). The molecule has 1 heterocycles. The molecule has 0 bridgehead atoms. The Morgan fingerprint density at radius 2 is 2.07 bits per heavy atom. The van der Waals surface area contributed by atoms with Crippen molar-refractivity contribution in [3.63, 3.8) is 0 Å². The third kappa shape index (κ3) is 2.84. The smallest absolute Gasteiger partial charge is 0.148 e. The summed E-state index contributed by atoms with van der Waals surface area (Å²) in [6.07, 6.45) is 6.23. The Bertz CT molecular complexity index is 279. The zero-order chi connectivity index (χ0) is 9.47. The number of nitrogens with one attached hydrogen (secondary N) is 1. The van der Waals surface area contributed by atoms with Crippen LogP contribution in [0, 0.1) is 5.92 Å². The van der Waals surface area contributed by atoms with E-state index in [-0.39, 0.29) is 18.4 Å². The predicted molar refractivity (Wildman–Crippen MR) is 59.6 cm³/mol. The number of fused-ring (bicyclic) bond motifs is 1. The second-order valence-electron chi connectivity index (χ2n) is 4.49. The molecule has 1 aliphatic carbocycles. The second-order valence-corrected chi connectivity index (χ2v) is 6.67. The van der Waals surface area contributed by atoms with Crippen molar-refractivity contribution < 1.29 is 8.42 Å². The minimum absolute atomic E-state index is 0. The van der Waals surface area contributed by atoms with Gasteiger partial charge in [0.1, 0.15) is 9.84 Å². The van der Waals surface area contributed by atoms with Crippen molar-refractivity contribution in [2.75, 3.05) is 12.0 Å². The maximum atomic E-state index is 11.1. The van der Waals surface area contributed by atoms with Gasteiger partial charge in [-0.3, -0.25) is 0 Å². The number of halogens is 1. The largest absolute Gasteiger partial charge is 0.310 e. The molecule has 0 aromatic carbocycles. The molecule has 2 aliphatic rings. The average molecular weight is 240 g/mol. The van der Waals surface area contributed by atoms with Crippen LogP contribution in [0.5, 0.6) is 0 Å². The Morgan fingerprint density at radius 1 is 1.36 bits per heavy atom. The molecule has 14 heavy (non-hydrogen) atoms. The molecule has 0 aromatic heterocycles. The number of hydrogen-bond donors (Lipinski definition) is 1. The van der Waals surface area contributed by atoms with Crippen LogP contribution in [0.2, 0.25) is 0 Å². The third-order valence-corrected chi connectivity index (χ3v) is 4.21. The number of rotatable bonds is 2. The molecule has 5 heteroatoms. The van der Waals surface area contributed by atoms with Crippen LogP contribution >= 0.6 is 12.4 Å². The van der Waals surface area contributed by atoms with Gasteiger partial charge in [0.15, 0.2) is 0 Å². The van der Waals surface area contributed by atoms with E-state index in [1.165, 1.54) is 25.5 Å². The molecule has 0 unspecified atom stereocenters. The van der Waals surface area contributed by atoms with E-state index in [1.807, 2.05) is 0 Å². The van der Waals surface area contributed by atoms with E-state index in [2.05, 4.69) is 5.32 Å². The van der Waals surface area contributed by atoms with E-state index in [0.717, 1.165) is 12.3 Å². The average Bonchev–Trinajstić information content (AvgIpc) is 2.40. The van der Waals surface area contributed by atoms with Crippen molar-refractivity contribution in [3.05, 3.63) is 0 Å². The molecule has 0 amide bonds. The SMILES string of the molecule is CS(=O)(=O)C[C@@H]1C[C@@H]2CCC[C@@H]2N1.Cl. The third-order valence-electron chi connectivity index (χ3n) is 3.20. The summed E-state index contributed by atoms with van der Waals surface area (Å²) in [4.78, 5) is 0. The maximum absolute atomic E-state index is 11.1. The quantitative estimate of drug-likeness (QED) is 0.782. The highest BCUT2D eigenvalue weighted by atomic mass is 35.5. The molecule has 2 fully saturated rings. The van der Waals surface area contributed by atoms with Crippen LogP contribution in [0.3, 0.4) is 0 Å². The van der Waals surface area contributed by atoms with Gasteiger partial charge in [-0.25, -0.2) is 8.42 Å². The van der Waals surface area contributed by atoms with E-state index < -0.39 is 9.84 Å². The fourth-order valence-corrected chi connectivity index (χ4v) is 3.72. The van der Waals surface area contributed by atoms with E-state index in [1.54, 1.807) is 0 Å². The van der Waals surface area contributed by atoms with Gasteiger partial charge in [-0.1, -0.05) is 6.42 Å². The van der Waals surface area contributed by atoms with Crippen molar-refractivity contribution in [1.82, 2.24) is 5.32 Å². The van der Waals surface area contributed by atoms with Crippen molar-refractivity contribution in [2.24, 2.45) is 5.92 Å². The van der Waals surface area contributed by atoms with Gasteiger partial charge in [-0.15, -0.1) is 12.4 Å². The van der Waals surface area contributed by atoms with E-state index in [4.69, 9.17) is 0 Å². The topological polar surface area (TPSA) is 46.2 Å². The lowest BCUT2D eigenvalue weighted by atomic mass is 10.0. The van der Waals surface area contributed by atoms with E-state index in [9.17, 15) is 8.42 Å². The molecule has 1 N–H and O–H groups in total. The molecule has 1 saturated carbocycles. The first-order valence-electron chi connectivity index (χ1n) is 4.98. The Morgan fingerprint density at radius 3 is 2.64 bits per heavy atom. The van der Waals surface area contributed by atoms with Crippen LogP contribution < -0.4 is 5.32 Å². The highest BCUT2D eigenvalue weighted by Crippen LogP contribution is 2.34. The van der Waals surface area contributed by atoms with Crippen LogP contribution in [-0.4, -0.2) is 32.5 Å². The minimum Gasteiger partial charge on any atom is -0.310 e. The summed E-state index contributed by atoms with van der Waals surface area (Å²) in [6.45, 7) is 0. The Hall–Kier alpha value is 0.200. The van der Waals surface area contributed by atoms with Crippen molar-refractivity contribution in [1.29, 1.82) is 0 Å². The van der Waals surface area contributed by atoms with Crippen LogP contribution in [0.15, 0.2) is 0 Å². The number of sulfone groups is 1. The van der Waals surface area contributed by atoms with Gasteiger partial charge in [-0.05, 0) is 25.2 Å². The molecular weight excluding hydrogens is 222 g/mol. The van der Waals surface area contributed by atoms with Crippen LogP contribution in [0.25, 0.3) is 0 Å². The highest BCUT2D eigenvalue weighted by molar-refractivity contribution is 7.90. The molecule has 0 spiro atoms. The summed E-state index contributed by atoms with van der Waals surface area (Å²) in [7, 11) is -2.80. The van der Waals surface area contributed by atoms with Gasteiger partial charge in [-0.2, -0.15) is 0 Å². The summed E-state index contributed by atoms with van der Waals surface area (Å²) in [5.41, 5.74) is 0. The van der Waals surface area contributed by atoms with Gasteiger partial charge in [0.2, 0.25) is 0 Å². The lowest BCUT2D eigenvalue weighted by Gasteiger charge is -2.11. The lowest BCUT2D eigenvalue weighted by Crippen LogP contribution is -2.34. The van der Waals surface area contributed by atoms with Crippen LogP contribution in [0.1, 0.15) is 25.7 Å². The molecule has 84 valence electrons. The van der Waals surface area contributed by atoms with Gasteiger partial charge in [0, 0.05) is 18.3 Å². The van der Waals surface area contributed by atoms with Gasteiger partial charge >= 0.3 is 0 Å². The van der Waals surface area contributed by atoms with Gasteiger partial charge < -0.3 is 5.32 Å². The Kier molecular flexibility index (Phi) is 3.83. The first-order valence-corrected chi connectivity index (χ1v) is 7.04. The Labute approximate surface area is 92.0 Å². The molecule has 0 aromatic rings. The fraction of sp³-hybridized carbons (Fsp3) is 1.00.